The van der Waals surface area contributed by atoms with Crippen molar-refractivity contribution in [1.82, 2.24) is 15.1 Å². The number of nitrogens with one attached hydrogen (secondary N) is 1. The smallest absolute Gasteiger partial charge is 0.265 e. The van der Waals surface area contributed by atoms with Crippen molar-refractivity contribution in [3.8, 4) is 0 Å². The Bertz CT molecular complexity index is 1260. The largest absolute Gasteiger partial charge is 0.366 e. The fourth-order valence-electron chi connectivity index (χ4n) is 3.37. The first-order valence-electron chi connectivity index (χ1n) is 13.1. The number of carbonyl (C=O) groups is 4. The number of imide groups is 2. The molecule has 10 heteroatoms. The van der Waals surface area contributed by atoms with Gasteiger partial charge in [0, 0.05) is 50.0 Å². The van der Waals surface area contributed by atoms with Gasteiger partial charge in [-0.1, -0.05) is 0 Å². The maximum absolute atomic E-state index is 16.0. The van der Waals surface area contributed by atoms with Crippen molar-refractivity contribution in [3.05, 3.63) is 28.8 Å². The van der Waals surface area contributed by atoms with Crippen LogP contribution in [-0.4, -0.2) is 71.5 Å². The minimum Gasteiger partial charge on any atom is -0.366 e. The molecule has 0 unspecified atom stereocenters. The Morgan fingerprint density at radius 2 is 1.70 bits per heavy atom. The molecule has 3 aliphatic heterocycles. The maximum Gasteiger partial charge on any atom is 0.265 e. The number of hydrogen-bond donors (Lipinski definition) is 1. The molecule has 1 atom stereocenters. The van der Waals surface area contributed by atoms with Crippen LogP contribution >= 0.6 is 0 Å². The number of fused-ring (bicyclic) bond motifs is 1. The van der Waals surface area contributed by atoms with Gasteiger partial charge in [-0.25, -0.2) is 8.78 Å². The third kappa shape index (κ3) is 3.15. The molecule has 0 aromatic heterocycles. The summed E-state index contributed by atoms with van der Waals surface area (Å²) >= 11 is 0. The Labute approximate surface area is 183 Å². The van der Waals surface area contributed by atoms with E-state index in [9.17, 15) is 19.2 Å². The van der Waals surface area contributed by atoms with Gasteiger partial charge in [0.15, 0.2) is 5.82 Å². The first-order chi connectivity index (χ1) is 17.2. The van der Waals surface area contributed by atoms with Gasteiger partial charge in [-0.05, 0) is 20.3 Å². The lowest BCUT2D eigenvalue weighted by Crippen LogP contribution is -2.54. The zero-order valence-corrected chi connectivity index (χ0v) is 15.9. The zero-order chi connectivity index (χ0) is 28.9. The van der Waals surface area contributed by atoms with Crippen molar-refractivity contribution in [3.63, 3.8) is 0 Å². The molecule has 0 aliphatic carbocycles. The first-order valence-corrected chi connectivity index (χ1v) is 9.06. The fourth-order valence-corrected chi connectivity index (χ4v) is 3.37. The van der Waals surface area contributed by atoms with Crippen LogP contribution in [0.15, 0.2) is 6.07 Å². The van der Waals surface area contributed by atoms with Crippen LogP contribution in [0, 0.1) is 11.6 Å². The molecule has 1 aromatic rings. The summed E-state index contributed by atoms with van der Waals surface area (Å²) < 4.78 is 98.2. The van der Waals surface area contributed by atoms with Crippen molar-refractivity contribution in [2.24, 2.45) is 0 Å². The summed E-state index contributed by atoms with van der Waals surface area (Å²) in [4.78, 5) is 50.1. The fraction of sp³-hybridized carbons (Fsp3) is 0.500. The predicted molar refractivity (Wildman–Crippen MR) is 102 cm³/mol. The second kappa shape index (κ2) is 7.42. The molecule has 160 valence electrons. The Morgan fingerprint density at radius 3 is 2.30 bits per heavy atom. The highest BCUT2D eigenvalue weighted by Gasteiger charge is 2.48. The number of hydrogen-bond acceptors (Lipinski definition) is 6. The topological polar surface area (TPSA) is 90.0 Å². The van der Waals surface area contributed by atoms with Crippen molar-refractivity contribution in [1.29, 1.82) is 0 Å². The van der Waals surface area contributed by atoms with Gasteiger partial charge in [-0.15, -0.1) is 0 Å². The van der Waals surface area contributed by atoms with E-state index in [-0.39, 0.29) is 28.7 Å². The van der Waals surface area contributed by atoms with Crippen LogP contribution in [-0.2, 0) is 9.59 Å². The van der Waals surface area contributed by atoms with E-state index in [1.807, 2.05) is 5.32 Å². The molecule has 1 N–H and O–H groups in total. The number of halogens is 2. The number of nitrogens with zero attached hydrogens (tertiary/aromatic N) is 3. The number of piperidine rings is 1. The second-order valence-electron chi connectivity index (χ2n) is 7.14. The van der Waals surface area contributed by atoms with Crippen LogP contribution in [0.3, 0.4) is 0 Å². The van der Waals surface area contributed by atoms with Crippen LogP contribution in [0.1, 0.15) is 58.4 Å². The quantitative estimate of drug-likeness (QED) is 0.720. The molecule has 2 fully saturated rings. The van der Waals surface area contributed by atoms with Gasteiger partial charge < -0.3 is 4.90 Å². The van der Waals surface area contributed by atoms with Gasteiger partial charge >= 0.3 is 0 Å². The number of amides is 4. The monoisotopic (exact) mass is 428 g/mol. The maximum atomic E-state index is 16.0. The molecule has 3 heterocycles. The number of benzene rings is 1. The summed E-state index contributed by atoms with van der Waals surface area (Å²) in [5.74, 6) is -8.09. The standard InChI is InChI=1S/C20H22F2N4O4/c1-10(2)24-5-7-25(8-6-24)13-9-11(21)15-16(17(13)22)20(30)26(19(15)29)12-3-4-14(27)23-18(12)28/h9-10,12H,3-8H2,1-2H3,(H,23,27,28)/t12-/m0/s1/i5D2,6D2,7D2,8D2. The third-order valence-corrected chi connectivity index (χ3v) is 4.91. The van der Waals surface area contributed by atoms with E-state index >= 15 is 8.78 Å². The van der Waals surface area contributed by atoms with Gasteiger partial charge in [0.05, 0.1) is 22.3 Å². The van der Waals surface area contributed by atoms with Crippen LogP contribution in [0.4, 0.5) is 14.5 Å². The molecule has 30 heavy (non-hydrogen) atoms. The highest BCUT2D eigenvalue weighted by Crippen LogP contribution is 2.36. The van der Waals surface area contributed by atoms with Gasteiger partial charge in [0.2, 0.25) is 11.8 Å². The van der Waals surface area contributed by atoms with E-state index in [1.54, 1.807) is 0 Å². The lowest BCUT2D eigenvalue weighted by molar-refractivity contribution is -0.136. The van der Waals surface area contributed by atoms with Crippen LogP contribution in [0.2, 0.25) is 0 Å². The first kappa shape index (κ1) is 12.7. The lowest BCUT2D eigenvalue weighted by Gasteiger charge is -2.38. The highest BCUT2D eigenvalue weighted by molar-refractivity contribution is 6.24. The summed E-state index contributed by atoms with van der Waals surface area (Å²) in [5, 5.41) is 1.91. The molecular formula is C20H22F2N4O4. The molecule has 4 amide bonds. The average molecular weight is 428 g/mol. The van der Waals surface area contributed by atoms with Crippen molar-refractivity contribution in [2.45, 2.75) is 38.8 Å². The zero-order valence-electron chi connectivity index (χ0n) is 23.9. The van der Waals surface area contributed by atoms with E-state index < -0.39 is 90.1 Å². The molecule has 3 aliphatic rings. The molecule has 0 radical (unpaired) electrons. The summed E-state index contributed by atoms with van der Waals surface area (Å²) in [6.45, 7) is -11.2. The predicted octanol–water partition coefficient (Wildman–Crippen LogP) is 0.896. The van der Waals surface area contributed by atoms with Gasteiger partial charge in [0.1, 0.15) is 11.9 Å². The van der Waals surface area contributed by atoms with Crippen LogP contribution in [0.25, 0.3) is 0 Å². The van der Waals surface area contributed by atoms with E-state index in [2.05, 4.69) is 0 Å². The Morgan fingerprint density at radius 1 is 1.07 bits per heavy atom. The number of carbonyl (C=O) groups excluding carboxylic acids is 4. The van der Waals surface area contributed by atoms with Gasteiger partial charge in [-0.2, -0.15) is 0 Å². The van der Waals surface area contributed by atoms with E-state index in [0.29, 0.717) is 4.90 Å². The third-order valence-electron chi connectivity index (χ3n) is 4.91. The Kier molecular flexibility index (Phi) is 3.15. The molecule has 8 nitrogen and oxygen atoms in total. The van der Waals surface area contributed by atoms with E-state index in [1.165, 1.54) is 13.8 Å². The molecule has 4 rings (SSSR count). The number of anilines is 1. The van der Waals surface area contributed by atoms with Crippen molar-refractivity contribution < 1.29 is 38.9 Å². The lowest BCUT2D eigenvalue weighted by atomic mass is 10.0. The average Bonchev–Trinajstić information content (AvgIpc) is 3.01. The Balaban J connectivity index is 1.91. The minimum atomic E-state index is -3.55. The SMILES string of the molecule is [2H]C1([2H])N(c2cc(F)c3c(c2F)C(=O)N([C@H]2CCC(=O)NC2=O)C3=O)C([2H])([2H])C([2H])([2H])N(C(C)C)C1([2H])[2H]. The highest BCUT2D eigenvalue weighted by atomic mass is 19.1. The Hall–Kier alpha value is -2.88. The van der Waals surface area contributed by atoms with Crippen molar-refractivity contribution >= 4 is 29.3 Å². The second-order valence-corrected chi connectivity index (χ2v) is 7.14. The summed E-state index contributed by atoms with van der Waals surface area (Å²) in [6.07, 6.45) is -0.598. The molecule has 0 bridgehead atoms. The minimum absolute atomic E-state index is 0.181. The summed E-state index contributed by atoms with van der Waals surface area (Å²) in [6, 6.07) is -2.49. The molecule has 0 spiro atoms. The van der Waals surface area contributed by atoms with Crippen LogP contribution < -0.4 is 10.2 Å². The molecule has 0 saturated carbocycles. The normalized spacial score (nSPS) is 33.4. The van der Waals surface area contributed by atoms with E-state index in [4.69, 9.17) is 11.0 Å². The molecule has 2 saturated heterocycles. The van der Waals surface area contributed by atoms with Crippen LogP contribution in [0.5, 0.6) is 0 Å². The molecular weight excluding hydrogens is 398 g/mol. The van der Waals surface area contributed by atoms with Gasteiger partial charge in [0.25, 0.3) is 11.8 Å². The van der Waals surface area contributed by atoms with Crippen molar-refractivity contribution in [2.75, 3.05) is 30.9 Å². The van der Waals surface area contributed by atoms with E-state index in [0.717, 1.165) is 0 Å². The molecule has 1 aromatic carbocycles. The van der Waals surface area contributed by atoms with Gasteiger partial charge in [-0.3, -0.25) is 34.3 Å². The number of rotatable bonds is 3. The summed E-state index contributed by atoms with van der Waals surface area (Å²) in [5.41, 5.74) is -3.72. The summed E-state index contributed by atoms with van der Waals surface area (Å²) in [7, 11) is 0. The number of piperazine rings is 1.